The summed E-state index contributed by atoms with van der Waals surface area (Å²) in [5.74, 6) is -2.10. The van der Waals surface area contributed by atoms with Crippen LogP contribution in [0.1, 0.15) is 65.5 Å². The maximum Gasteiger partial charge on any atom is 0.305 e. The molecule has 37 heavy (non-hydrogen) atoms. The molecule has 1 aromatic heterocycles. The van der Waals surface area contributed by atoms with Crippen LogP contribution in [0.2, 0.25) is 0 Å². The standard InChI is InChI=1S/C28H32FN3O5/c1-17(2)26-24(13-12-22(33)14-23(34)15-25(35)36)32(21-10-8-20(29)9-11-21)31-27(26)28(37)30-16-19-6-4-18(3)5-7-19/h4-13,17,22-23,33-34H,14-16H2,1-3H3,(H,30,37)(H,35,36)/b13-12+. The van der Waals surface area contributed by atoms with Gasteiger partial charge in [0.2, 0.25) is 0 Å². The van der Waals surface area contributed by atoms with E-state index in [1.165, 1.54) is 35.0 Å². The van der Waals surface area contributed by atoms with E-state index in [1.807, 2.05) is 45.0 Å². The Balaban J connectivity index is 1.96. The summed E-state index contributed by atoms with van der Waals surface area (Å²) in [6.07, 6.45) is -0.00523. The molecule has 3 rings (SSSR count). The fourth-order valence-electron chi connectivity index (χ4n) is 3.94. The first kappa shape index (κ1) is 27.8. The number of hydrogen-bond donors (Lipinski definition) is 4. The minimum atomic E-state index is -1.22. The Morgan fingerprint density at radius 2 is 1.73 bits per heavy atom. The Kier molecular flexibility index (Phi) is 9.32. The third-order valence-electron chi connectivity index (χ3n) is 5.80. The predicted molar refractivity (Wildman–Crippen MR) is 138 cm³/mol. The molecule has 0 aliphatic heterocycles. The molecule has 9 heteroatoms. The van der Waals surface area contributed by atoms with Crippen molar-refractivity contribution in [2.75, 3.05) is 0 Å². The van der Waals surface area contributed by atoms with E-state index in [-0.39, 0.29) is 23.9 Å². The van der Waals surface area contributed by atoms with Gasteiger partial charge in [0, 0.05) is 18.5 Å². The summed E-state index contributed by atoms with van der Waals surface area (Å²) in [7, 11) is 0. The maximum atomic E-state index is 13.6. The molecular weight excluding hydrogens is 477 g/mol. The molecule has 0 bridgehead atoms. The van der Waals surface area contributed by atoms with Crippen LogP contribution in [0.15, 0.2) is 54.6 Å². The van der Waals surface area contributed by atoms with Crippen molar-refractivity contribution in [1.29, 1.82) is 0 Å². The van der Waals surface area contributed by atoms with Crippen LogP contribution in [-0.2, 0) is 11.3 Å². The maximum absolute atomic E-state index is 13.6. The van der Waals surface area contributed by atoms with Crippen LogP contribution in [0, 0.1) is 12.7 Å². The summed E-state index contributed by atoms with van der Waals surface area (Å²) in [4.78, 5) is 24.0. The summed E-state index contributed by atoms with van der Waals surface area (Å²) in [6.45, 7) is 6.12. The SMILES string of the molecule is Cc1ccc(CNC(=O)c2nn(-c3ccc(F)cc3)c(/C=C/C(O)CC(O)CC(=O)O)c2C(C)C)cc1. The van der Waals surface area contributed by atoms with Crippen molar-refractivity contribution < 1.29 is 29.3 Å². The van der Waals surface area contributed by atoms with E-state index in [1.54, 1.807) is 6.08 Å². The number of aliphatic hydroxyl groups excluding tert-OH is 2. The quantitative estimate of drug-likeness (QED) is 0.310. The molecule has 0 fully saturated rings. The van der Waals surface area contributed by atoms with E-state index in [4.69, 9.17) is 5.11 Å². The predicted octanol–water partition coefficient (Wildman–Crippen LogP) is 3.97. The number of benzene rings is 2. The van der Waals surface area contributed by atoms with E-state index in [9.17, 15) is 24.2 Å². The first-order chi connectivity index (χ1) is 17.5. The Labute approximate surface area is 215 Å². The van der Waals surface area contributed by atoms with Crippen LogP contribution in [0.3, 0.4) is 0 Å². The second-order valence-electron chi connectivity index (χ2n) is 9.27. The van der Waals surface area contributed by atoms with Gasteiger partial charge >= 0.3 is 5.97 Å². The van der Waals surface area contributed by atoms with Crippen LogP contribution < -0.4 is 5.32 Å². The molecule has 0 aliphatic carbocycles. The number of carbonyl (C=O) groups excluding carboxylic acids is 1. The van der Waals surface area contributed by atoms with Gasteiger partial charge in [-0.2, -0.15) is 5.10 Å². The highest BCUT2D eigenvalue weighted by Gasteiger charge is 2.25. The molecule has 2 atom stereocenters. The fourth-order valence-corrected chi connectivity index (χ4v) is 3.94. The van der Waals surface area contributed by atoms with Crippen LogP contribution in [0.5, 0.6) is 0 Å². The van der Waals surface area contributed by atoms with Crippen LogP contribution in [-0.4, -0.2) is 49.2 Å². The number of hydrogen-bond acceptors (Lipinski definition) is 5. The number of carbonyl (C=O) groups is 2. The number of aryl methyl sites for hydroxylation is 1. The van der Waals surface area contributed by atoms with Crippen molar-refractivity contribution in [3.63, 3.8) is 0 Å². The Bertz CT molecular complexity index is 1250. The van der Waals surface area contributed by atoms with Crippen molar-refractivity contribution in [3.8, 4) is 5.69 Å². The lowest BCUT2D eigenvalue weighted by molar-refractivity contribution is -0.139. The summed E-state index contributed by atoms with van der Waals surface area (Å²) in [5.41, 5.74) is 3.90. The molecule has 0 radical (unpaired) electrons. The minimum absolute atomic E-state index is 0.135. The number of carboxylic acid groups (broad SMARTS) is 1. The molecule has 0 saturated heterocycles. The van der Waals surface area contributed by atoms with Gasteiger partial charge in [0.05, 0.1) is 30.0 Å². The van der Waals surface area contributed by atoms with Crippen LogP contribution in [0.25, 0.3) is 11.8 Å². The summed E-state index contributed by atoms with van der Waals surface area (Å²) in [5, 5.41) is 36.5. The van der Waals surface area contributed by atoms with Gasteiger partial charge in [-0.15, -0.1) is 0 Å². The van der Waals surface area contributed by atoms with Crippen molar-refractivity contribution in [1.82, 2.24) is 15.1 Å². The van der Waals surface area contributed by atoms with Gasteiger partial charge in [-0.05, 0) is 48.7 Å². The molecule has 0 aliphatic rings. The van der Waals surface area contributed by atoms with Gasteiger partial charge in [0.1, 0.15) is 5.82 Å². The lowest BCUT2D eigenvalue weighted by Crippen LogP contribution is -2.24. The Morgan fingerprint density at radius 3 is 2.32 bits per heavy atom. The minimum Gasteiger partial charge on any atom is -0.481 e. The Morgan fingerprint density at radius 1 is 1.08 bits per heavy atom. The molecule has 0 saturated carbocycles. The summed E-state index contributed by atoms with van der Waals surface area (Å²) in [6, 6.07) is 13.4. The molecule has 4 N–H and O–H groups in total. The first-order valence-electron chi connectivity index (χ1n) is 12.0. The number of rotatable bonds is 11. The molecule has 2 unspecified atom stereocenters. The lowest BCUT2D eigenvalue weighted by atomic mass is 9.98. The first-order valence-corrected chi connectivity index (χ1v) is 12.0. The second kappa shape index (κ2) is 12.4. The lowest BCUT2D eigenvalue weighted by Gasteiger charge is -2.12. The number of amides is 1. The van der Waals surface area contributed by atoms with Crippen molar-refractivity contribution in [2.24, 2.45) is 0 Å². The van der Waals surface area contributed by atoms with E-state index >= 15 is 0 Å². The number of carboxylic acids is 1. The third-order valence-corrected chi connectivity index (χ3v) is 5.80. The summed E-state index contributed by atoms with van der Waals surface area (Å²) >= 11 is 0. The van der Waals surface area contributed by atoms with Gasteiger partial charge in [-0.25, -0.2) is 9.07 Å². The monoisotopic (exact) mass is 509 g/mol. The molecule has 0 spiro atoms. The highest BCUT2D eigenvalue weighted by atomic mass is 19.1. The van der Waals surface area contributed by atoms with Crippen molar-refractivity contribution in [3.05, 3.63) is 88.5 Å². The van der Waals surface area contributed by atoms with Gasteiger partial charge < -0.3 is 20.6 Å². The van der Waals surface area contributed by atoms with E-state index in [0.29, 0.717) is 23.5 Å². The molecule has 2 aromatic carbocycles. The normalized spacial score (nSPS) is 13.2. The highest BCUT2D eigenvalue weighted by molar-refractivity contribution is 5.95. The highest BCUT2D eigenvalue weighted by Crippen LogP contribution is 2.28. The van der Waals surface area contributed by atoms with E-state index in [0.717, 1.165) is 11.1 Å². The van der Waals surface area contributed by atoms with E-state index < -0.39 is 30.4 Å². The smallest absolute Gasteiger partial charge is 0.305 e. The number of nitrogens with one attached hydrogen (secondary N) is 1. The third kappa shape index (κ3) is 7.58. The molecular formula is C28H32FN3O5. The second-order valence-corrected chi connectivity index (χ2v) is 9.27. The number of aliphatic carboxylic acids is 1. The average Bonchev–Trinajstić information content (AvgIpc) is 3.22. The van der Waals surface area contributed by atoms with Crippen LogP contribution in [0.4, 0.5) is 4.39 Å². The topological polar surface area (TPSA) is 125 Å². The zero-order chi connectivity index (χ0) is 27.1. The molecule has 1 amide bonds. The zero-order valence-electron chi connectivity index (χ0n) is 21.1. The van der Waals surface area contributed by atoms with Crippen molar-refractivity contribution >= 4 is 18.0 Å². The molecule has 1 heterocycles. The average molecular weight is 510 g/mol. The fraction of sp³-hybridized carbons (Fsp3) is 0.321. The number of aliphatic hydroxyl groups is 2. The van der Waals surface area contributed by atoms with Gasteiger partial charge in [-0.1, -0.05) is 49.8 Å². The Hall–Kier alpha value is -3.82. The molecule has 8 nitrogen and oxygen atoms in total. The van der Waals surface area contributed by atoms with Crippen molar-refractivity contribution in [2.45, 2.75) is 58.3 Å². The zero-order valence-corrected chi connectivity index (χ0v) is 21.1. The summed E-state index contributed by atoms with van der Waals surface area (Å²) < 4.78 is 15.1. The van der Waals surface area contributed by atoms with Gasteiger partial charge in [0.25, 0.3) is 5.91 Å². The number of halogens is 1. The number of nitrogens with zero attached hydrogens (tertiary/aromatic N) is 2. The van der Waals surface area contributed by atoms with Gasteiger partial charge in [0.15, 0.2) is 5.69 Å². The van der Waals surface area contributed by atoms with Crippen LogP contribution >= 0.6 is 0 Å². The van der Waals surface area contributed by atoms with Gasteiger partial charge in [-0.3, -0.25) is 9.59 Å². The molecule has 3 aromatic rings. The number of aromatic nitrogens is 2. The van der Waals surface area contributed by atoms with E-state index in [2.05, 4.69) is 10.4 Å². The largest absolute Gasteiger partial charge is 0.481 e. The molecule has 196 valence electrons.